The summed E-state index contributed by atoms with van der Waals surface area (Å²) in [7, 11) is -9.75. The number of hydrogen-bond donors (Lipinski definition) is 5. The number of allylic oxidation sites excluding steroid dienone is 7. The Labute approximate surface area is 361 Å². The van der Waals surface area contributed by atoms with Crippen molar-refractivity contribution in [1.82, 2.24) is 0 Å². The molecule has 0 radical (unpaired) electrons. The second kappa shape index (κ2) is 39.9. The molecule has 16 heteroatoms. The molecule has 0 saturated carbocycles. The predicted octanol–water partition coefficient (Wildman–Crippen LogP) is 10.4. The molecule has 14 nitrogen and oxygen atoms in total. The summed E-state index contributed by atoms with van der Waals surface area (Å²) in [5, 5.41) is 20.0. The zero-order valence-electron chi connectivity index (χ0n) is 36.7. The highest BCUT2D eigenvalue weighted by Crippen LogP contribution is 2.43. The minimum Gasteiger partial charge on any atom is -0.462 e. The smallest absolute Gasteiger partial charge is 0.462 e. The fourth-order valence-corrected chi connectivity index (χ4v) is 6.98. The van der Waals surface area contributed by atoms with Crippen molar-refractivity contribution in [2.24, 2.45) is 0 Å². The number of unbranched alkanes of at least 4 members (excludes halogenated alkanes) is 17. The number of hydrogen-bond acceptors (Lipinski definition) is 11. The maximum Gasteiger partial charge on any atom is 0.472 e. The monoisotopic (exact) mass is 895 g/mol. The largest absolute Gasteiger partial charge is 0.472 e. The fourth-order valence-electron chi connectivity index (χ4n) is 5.82. The van der Waals surface area contributed by atoms with E-state index in [1.54, 1.807) is 12.2 Å². The molecule has 0 aromatic heterocycles. The Morgan fingerprint density at radius 1 is 0.550 bits per heavy atom. The minimum atomic E-state index is -4.88. The molecule has 350 valence electrons. The normalized spacial score (nSPS) is 15.0. The van der Waals surface area contributed by atoms with Crippen LogP contribution in [0.4, 0.5) is 0 Å². The lowest BCUT2D eigenvalue weighted by atomic mass is 10.1. The average molecular weight is 895 g/mol. The maximum absolute atomic E-state index is 12.7. The van der Waals surface area contributed by atoms with E-state index < -0.39 is 72.3 Å². The highest BCUT2D eigenvalue weighted by molar-refractivity contribution is 7.47. The zero-order chi connectivity index (χ0) is 44.6. The third-order valence-corrected chi connectivity index (χ3v) is 10.7. The van der Waals surface area contributed by atoms with Crippen molar-refractivity contribution < 1.29 is 66.7 Å². The van der Waals surface area contributed by atoms with Crippen LogP contribution in [-0.2, 0) is 41.8 Å². The van der Waals surface area contributed by atoms with Crippen LogP contribution in [0, 0.1) is 0 Å². The Morgan fingerprint density at radius 3 is 1.63 bits per heavy atom. The molecule has 60 heavy (non-hydrogen) atoms. The van der Waals surface area contributed by atoms with Gasteiger partial charge in [-0.1, -0.05) is 146 Å². The van der Waals surface area contributed by atoms with Gasteiger partial charge in [0.25, 0.3) is 0 Å². The van der Waals surface area contributed by atoms with Crippen molar-refractivity contribution in [3.05, 3.63) is 48.6 Å². The lowest BCUT2D eigenvalue weighted by Crippen LogP contribution is -2.30. The second-order valence-electron chi connectivity index (χ2n) is 15.2. The lowest BCUT2D eigenvalue weighted by Gasteiger charge is -2.20. The molecule has 4 atom stereocenters. The van der Waals surface area contributed by atoms with E-state index in [-0.39, 0.29) is 25.7 Å². The highest BCUT2D eigenvalue weighted by atomic mass is 31.2. The van der Waals surface area contributed by atoms with E-state index in [9.17, 15) is 33.8 Å². The van der Waals surface area contributed by atoms with Gasteiger partial charge in [-0.05, 0) is 64.2 Å². The van der Waals surface area contributed by atoms with Crippen molar-refractivity contribution in [1.29, 1.82) is 0 Å². The third-order valence-electron chi connectivity index (χ3n) is 9.28. The van der Waals surface area contributed by atoms with Crippen LogP contribution >= 0.6 is 15.6 Å². The molecule has 0 aromatic rings. The molecule has 0 heterocycles. The first-order chi connectivity index (χ1) is 28.8. The molecule has 0 spiro atoms. The van der Waals surface area contributed by atoms with Gasteiger partial charge < -0.3 is 34.4 Å². The van der Waals surface area contributed by atoms with E-state index in [1.807, 2.05) is 12.2 Å². The summed E-state index contributed by atoms with van der Waals surface area (Å²) in [5.74, 6) is -1.24. The van der Waals surface area contributed by atoms with E-state index >= 15 is 0 Å². The van der Waals surface area contributed by atoms with E-state index in [0.717, 1.165) is 51.4 Å². The number of aliphatic hydroxyl groups excluding tert-OH is 2. The first-order valence-corrected chi connectivity index (χ1v) is 25.5. The second-order valence-corrected chi connectivity index (χ2v) is 17.9. The molecule has 0 aromatic carbocycles. The first-order valence-electron chi connectivity index (χ1n) is 22.4. The molecule has 5 N–H and O–H groups in total. The zero-order valence-corrected chi connectivity index (χ0v) is 38.5. The predicted molar refractivity (Wildman–Crippen MR) is 236 cm³/mol. The Balaban J connectivity index is 4.70. The fraction of sp³-hybridized carbons (Fsp3) is 0.773. The van der Waals surface area contributed by atoms with E-state index in [4.69, 9.17) is 23.8 Å². The van der Waals surface area contributed by atoms with Gasteiger partial charge in [-0.15, -0.1) is 0 Å². The summed E-state index contributed by atoms with van der Waals surface area (Å²) in [6.45, 7) is 1.53. The van der Waals surface area contributed by atoms with Crippen LogP contribution in [0.3, 0.4) is 0 Å². The molecule has 0 aliphatic carbocycles. The summed E-state index contributed by atoms with van der Waals surface area (Å²) in [6, 6.07) is 0. The quantitative estimate of drug-likeness (QED) is 0.0127. The van der Waals surface area contributed by atoms with Crippen LogP contribution in [0.25, 0.3) is 0 Å². The van der Waals surface area contributed by atoms with Gasteiger partial charge in [0.2, 0.25) is 0 Å². The van der Waals surface area contributed by atoms with Gasteiger partial charge in [0.1, 0.15) is 12.7 Å². The van der Waals surface area contributed by atoms with Gasteiger partial charge in [-0.2, -0.15) is 0 Å². The van der Waals surface area contributed by atoms with E-state index in [1.165, 1.54) is 77.0 Å². The molecule has 0 saturated heterocycles. The number of carbonyl (C=O) groups excluding carboxylic acids is 2. The molecule has 2 unspecified atom stereocenters. The van der Waals surface area contributed by atoms with Gasteiger partial charge in [0, 0.05) is 12.8 Å². The molecule has 0 aliphatic rings. The topological polar surface area (TPSA) is 216 Å². The number of ether oxygens (including phenoxy) is 2. The van der Waals surface area contributed by atoms with E-state index in [2.05, 4.69) is 47.2 Å². The van der Waals surface area contributed by atoms with Gasteiger partial charge in [0.05, 0.1) is 25.9 Å². The van der Waals surface area contributed by atoms with Gasteiger partial charge in [-0.25, -0.2) is 9.13 Å². The standard InChI is InChI=1S/C44H80O14P2/c1-3-5-7-9-11-13-15-17-18-20-22-24-26-28-30-34-43(47)54-38-42(39-57-60(52,53)56-37-41(46)36-55-59(49,50)51)58-44(48)35-31-33-40(45)32-29-27-25-23-21-19-16-14-12-10-8-6-4-2/h17-19,21,25,27,29,32,40-42,45-46H,3-16,20,22-24,26,28,30-31,33-39H2,1-2H3,(H,52,53)(H2,49,50,51)/b18-17-,21-19+,27-25+,32-29+/t40?,41-,42+/m0/s1. The first kappa shape index (κ1) is 58.0. The summed E-state index contributed by atoms with van der Waals surface area (Å²) in [6.07, 6.45) is 37.0. The molecule has 0 aliphatic heterocycles. The highest BCUT2D eigenvalue weighted by Gasteiger charge is 2.28. The Kier molecular flexibility index (Phi) is 38.6. The molecule has 0 rings (SSSR count). The van der Waals surface area contributed by atoms with Gasteiger partial charge in [-0.3, -0.25) is 23.2 Å². The molecular formula is C44H80O14P2. The Morgan fingerprint density at radius 2 is 1.05 bits per heavy atom. The summed E-state index contributed by atoms with van der Waals surface area (Å²) in [4.78, 5) is 52.7. The number of rotatable bonds is 42. The molecule has 0 amide bonds. The van der Waals surface area contributed by atoms with Crippen molar-refractivity contribution in [2.75, 3.05) is 26.4 Å². The van der Waals surface area contributed by atoms with Crippen LogP contribution in [0.2, 0.25) is 0 Å². The minimum absolute atomic E-state index is 0.0947. The molecule has 0 fully saturated rings. The number of phosphoric ester groups is 2. The van der Waals surface area contributed by atoms with Crippen molar-refractivity contribution in [3.63, 3.8) is 0 Å². The Hall–Kier alpha value is -1.96. The summed E-state index contributed by atoms with van der Waals surface area (Å²) >= 11 is 0. The number of phosphoric acid groups is 2. The van der Waals surface area contributed by atoms with Crippen LogP contribution < -0.4 is 0 Å². The maximum atomic E-state index is 12.7. The third kappa shape index (κ3) is 42.7. The lowest BCUT2D eigenvalue weighted by molar-refractivity contribution is -0.161. The molecule has 0 bridgehead atoms. The molecular weight excluding hydrogens is 814 g/mol. The Bertz CT molecular complexity index is 1270. The SMILES string of the molecule is CCCCCCCC/C=C\CCCCCCCC(=O)OC[C@H](COP(=O)(O)OC[C@@H](O)COP(=O)(O)O)OC(=O)CCCC(O)/C=C/C=C/C/C=C/CCCCCCCC. The summed E-state index contributed by atoms with van der Waals surface area (Å²) in [5.41, 5.74) is 0. The van der Waals surface area contributed by atoms with Crippen molar-refractivity contribution in [3.8, 4) is 0 Å². The van der Waals surface area contributed by atoms with Crippen LogP contribution in [-0.4, -0.2) is 81.6 Å². The van der Waals surface area contributed by atoms with Gasteiger partial charge in [0.15, 0.2) is 6.10 Å². The number of carbonyl (C=O) groups is 2. The van der Waals surface area contributed by atoms with Crippen LogP contribution in [0.5, 0.6) is 0 Å². The average Bonchev–Trinajstić information content (AvgIpc) is 3.20. The number of aliphatic hydroxyl groups is 2. The van der Waals surface area contributed by atoms with Gasteiger partial charge >= 0.3 is 27.6 Å². The number of esters is 2. The van der Waals surface area contributed by atoms with Crippen molar-refractivity contribution >= 4 is 27.6 Å². The van der Waals surface area contributed by atoms with Crippen LogP contribution in [0.15, 0.2) is 48.6 Å². The van der Waals surface area contributed by atoms with Crippen LogP contribution in [0.1, 0.15) is 174 Å². The van der Waals surface area contributed by atoms with E-state index in [0.29, 0.717) is 6.42 Å². The summed E-state index contributed by atoms with van der Waals surface area (Å²) < 4.78 is 47.6. The van der Waals surface area contributed by atoms with Crippen molar-refractivity contribution in [2.45, 2.75) is 193 Å².